The van der Waals surface area contributed by atoms with E-state index in [9.17, 15) is 4.79 Å². The molecule has 0 N–H and O–H groups in total. The van der Waals surface area contributed by atoms with Gasteiger partial charge in [-0.05, 0) is 44.4 Å². The summed E-state index contributed by atoms with van der Waals surface area (Å²) in [5.41, 5.74) is 0.678. The van der Waals surface area contributed by atoms with Gasteiger partial charge in [-0.3, -0.25) is 9.69 Å². The summed E-state index contributed by atoms with van der Waals surface area (Å²) in [6, 6.07) is 7.49. The highest BCUT2D eigenvalue weighted by atomic mass is 16.5. The van der Waals surface area contributed by atoms with Crippen LogP contribution in [0.3, 0.4) is 0 Å². The highest BCUT2D eigenvalue weighted by Gasteiger charge is 2.18. The van der Waals surface area contributed by atoms with E-state index in [0.717, 1.165) is 12.5 Å². The average molecular weight is 275 g/mol. The predicted molar refractivity (Wildman–Crippen MR) is 81.4 cm³/mol. The van der Waals surface area contributed by atoms with Crippen molar-refractivity contribution >= 4 is 5.78 Å². The highest BCUT2D eigenvalue weighted by molar-refractivity contribution is 5.96. The normalized spacial score (nSPS) is 19.8. The van der Waals surface area contributed by atoms with Crippen LogP contribution < -0.4 is 4.74 Å². The third kappa shape index (κ3) is 4.07. The zero-order chi connectivity index (χ0) is 14.4. The summed E-state index contributed by atoms with van der Waals surface area (Å²) in [6.45, 7) is 7.82. The van der Waals surface area contributed by atoms with Crippen molar-refractivity contribution in [2.24, 2.45) is 5.92 Å². The third-order valence-corrected chi connectivity index (χ3v) is 4.11. The Morgan fingerprint density at radius 3 is 2.95 bits per heavy atom. The van der Waals surface area contributed by atoms with Crippen molar-refractivity contribution in [3.63, 3.8) is 0 Å². The van der Waals surface area contributed by atoms with E-state index in [0.29, 0.717) is 17.9 Å². The number of rotatable bonds is 6. The van der Waals surface area contributed by atoms with Crippen LogP contribution in [-0.4, -0.2) is 36.9 Å². The summed E-state index contributed by atoms with van der Waals surface area (Å²) in [7, 11) is 0. The van der Waals surface area contributed by atoms with Crippen LogP contribution in [-0.2, 0) is 0 Å². The van der Waals surface area contributed by atoms with Gasteiger partial charge in [0.05, 0.1) is 5.56 Å². The fourth-order valence-corrected chi connectivity index (χ4v) is 2.86. The molecule has 1 unspecified atom stereocenters. The maximum atomic E-state index is 11.5. The molecule has 2 rings (SSSR count). The molecule has 1 fully saturated rings. The number of carbonyl (C=O) groups excluding carboxylic acids is 1. The van der Waals surface area contributed by atoms with Crippen LogP contribution in [0.2, 0.25) is 0 Å². The Morgan fingerprint density at radius 2 is 2.20 bits per heavy atom. The second kappa shape index (κ2) is 7.44. The number of likely N-dealkylation sites (tertiary alicyclic amines) is 1. The number of para-hydroxylation sites is 1. The van der Waals surface area contributed by atoms with Gasteiger partial charge in [-0.1, -0.05) is 25.5 Å². The minimum atomic E-state index is 0.0598. The van der Waals surface area contributed by atoms with Gasteiger partial charge in [0.2, 0.25) is 0 Å². The molecular weight excluding hydrogens is 250 g/mol. The number of benzene rings is 1. The van der Waals surface area contributed by atoms with E-state index >= 15 is 0 Å². The number of hydrogen-bond acceptors (Lipinski definition) is 3. The first-order chi connectivity index (χ1) is 9.70. The Labute approximate surface area is 121 Å². The van der Waals surface area contributed by atoms with Crippen LogP contribution in [0.25, 0.3) is 0 Å². The second-order valence-electron chi connectivity index (χ2n) is 5.62. The molecule has 0 amide bonds. The van der Waals surface area contributed by atoms with E-state index in [1.165, 1.54) is 32.4 Å². The van der Waals surface area contributed by atoms with Gasteiger partial charge in [-0.2, -0.15) is 0 Å². The first kappa shape index (κ1) is 15.0. The molecule has 1 aliphatic rings. The van der Waals surface area contributed by atoms with Crippen molar-refractivity contribution in [3.05, 3.63) is 29.8 Å². The molecule has 1 atom stereocenters. The van der Waals surface area contributed by atoms with Crippen molar-refractivity contribution in [1.82, 2.24) is 4.90 Å². The van der Waals surface area contributed by atoms with Crippen LogP contribution in [0.1, 0.15) is 43.5 Å². The number of Topliss-reactive ketones (excluding diaryl/α,β-unsaturated/α-hetero) is 1. The molecule has 1 saturated heterocycles. The van der Waals surface area contributed by atoms with E-state index in [-0.39, 0.29) is 5.78 Å². The molecule has 0 aliphatic carbocycles. The van der Waals surface area contributed by atoms with E-state index in [1.54, 1.807) is 6.92 Å². The molecule has 3 heteroatoms. The van der Waals surface area contributed by atoms with Gasteiger partial charge in [0.25, 0.3) is 0 Å². The Morgan fingerprint density at radius 1 is 1.40 bits per heavy atom. The van der Waals surface area contributed by atoms with Gasteiger partial charge in [0, 0.05) is 13.1 Å². The van der Waals surface area contributed by atoms with Crippen molar-refractivity contribution in [3.8, 4) is 5.75 Å². The summed E-state index contributed by atoms with van der Waals surface area (Å²) in [4.78, 5) is 14.0. The van der Waals surface area contributed by atoms with Crippen molar-refractivity contribution in [2.75, 3.05) is 26.2 Å². The average Bonchev–Trinajstić information content (AvgIpc) is 2.48. The molecule has 0 saturated carbocycles. The molecule has 0 spiro atoms. The molecule has 1 aromatic carbocycles. The van der Waals surface area contributed by atoms with Crippen LogP contribution in [0.15, 0.2) is 24.3 Å². The first-order valence-corrected chi connectivity index (χ1v) is 7.65. The standard InChI is InChI=1S/C17H25NO2/c1-3-15-7-6-10-18(13-15)11-12-20-17-9-5-4-8-16(17)14(2)19/h4-5,8-9,15H,3,6-7,10-13H2,1-2H3. The molecule has 0 radical (unpaired) electrons. The van der Waals surface area contributed by atoms with Gasteiger partial charge in [0.15, 0.2) is 5.78 Å². The number of carbonyl (C=O) groups is 1. The summed E-state index contributed by atoms with van der Waals surface area (Å²) in [5.74, 6) is 1.61. The molecule has 3 nitrogen and oxygen atoms in total. The largest absolute Gasteiger partial charge is 0.491 e. The summed E-state index contributed by atoms with van der Waals surface area (Å²) < 4.78 is 5.81. The zero-order valence-electron chi connectivity index (χ0n) is 12.6. The number of hydrogen-bond donors (Lipinski definition) is 0. The van der Waals surface area contributed by atoms with E-state index < -0.39 is 0 Å². The molecule has 110 valence electrons. The minimum Gasteiger partial charge on any atom is -0.491 e. The smallest absolute Gasteiger partial charge is 0.163 e. The highest BCUT2D eigenvalue weighted by Crippen LogP contribution is 2.20. The van der Waals surface area contributed by atoms with Crippen LogP contribution in [0.5, 0.6) is 5.75 Å². The van der Waals surface area contributed by atoms with E-state index in [2.05, 4.69) is 11.8 Å². The summed E-state index contributed by atoms with van der Waals surface area (Å²) in [6.07, 6.45) is 3.92. The number of piperidine rings is 1. The topological polar surface area (TPSA) is 29.5 Å². The fraction of sp³-hybridized carbons (Fsp3) is 0.588. The molecule has 0 bridgehead atoms. The molecular formula is C17H25NO2. The number of ether oxygens (including phenoxy) is 1. The van der Waals surface area contributed by atoms with Gasteiger partial charge >= 0.3 is 0 Å². The molecule has 1 aromatic rings. The van der Waals surface area contributed by atoms with Gasteiger partial charge in [-0.25, -0.2) is 0 Å². The lowest BCUT2D eigenvalue weighted by Crippen LogP contribution is -2.37. The first-order valence-electron chi connectivity index (χ1n) is 7.65. The lowest BCUT2D eigenvalue weighted by atomic mass is 9.96. The predicted octanol–water partition coefficient (Wildman–Crippen LogP) is 3.39. The van der Waals surface area contributed by atoms with Crippen LogP contribution in [0.4, 0.5) is 0 Å². The maximum Gasteiger partial charge on any atom is 0.163 e. The van der Waals surface area contributed by atoms with Crippen molar-refractivity contribution in [1.29, 1.82) is 0 Å². The Bertz CT molecular complexity index is 444. The monoisotopic (exact) mass is 275 g/mol. The fourth-order valence-electron chi connectivity index (χ4n) is 2.86. The lowest BCUT2D eigenvalue weighted by molar-refractivity contribution is 0.101. The van der Waals surface area contributed by atoms with Gasteiger partial charge < -0.3 is 4.74 Å². The minimum absolute atomic E-state index is 0.0598. The molecule has 1 aliphatic heterocycles. The Hall–Kier alpha value is -1.35. The molecule has 1 heterocycles. The van der Waals surface area contributed by atoms with Crippen molar-refractivity contribution in [2.45, 2.75) is 33.1 Å². The zero-order valence-corrected chi connectivity index (χ0v) is 12.6. The van der Waals surface area contributed by atoms with Crippen LogP contribution >= 0.6 is 0 Å². The summed E-state index contributed by atoms with van der Waals surface area (Å²) >= 11 is 0. The van der Waals surface area contributed by atoms with Gasteiger partial charge in [0.1, 0.15) is 12.4 Å². The lowest BCUT2D eigenvalue weighted by Gasteiger charge is -2.32. The Balaban J connectivity index is 1.82. The molecule has 20 heavy (non-hydrogen) atoms. The van der Waals surface area contributed by atoms with E-state index in [1.807, 2.05) is 24.3 Å². The molecule has 0 aromatic heterocycles. The SMILES string of the molecule is CCC1CCCN(CCOc2ccccc2C(C)=O)C1. The summed E-state index contributed by atoms with van der Waals surface area (Å²) in [5, 5.41) is 0. The Kier molecular flexibility index (Phi) is 5.60. The quantitative estimate of drug-likeness (QED) is 0.745. The number of nitrogens with zero attached hydrogens (tertiary/aromatic N) is 1. The maximum absolute atomic E-state index is 11.5. The second-order valence-corrected chi connectivity index (χ2v) is 5.62. The third-order valence-electron chi connectivity index (χ3n) is 4.11. The van der Waals surface area contributed by atoms with Crippen molar-refractivity contribution < 1.29 is 9.53 Å². The van der Waals surface area contributed by atoms with Crippen LogP contribution in [0, 0.1) is 5.92 Å². The van der Waals surface area contributed by atoms with E-state index in [4.69, 9.17) is 4.74 Å². The number of ketones is 1. The van der Waals surface area contributed by atoms with Gasteiger partial charge in [-0.15, -0.1) is 0 Å².